The van der Waals surface area contributed by atoms with Crippen LogP contribution >= 0.6 is 0 Å². The summed E-state index contributed by atoms with van der Waals surface area (Å²) < 4.78 is 0. The summed E-state index contributed by atoms with van der Waals surface area (Å²) in [5.74, 6) is 0. The van der Waals surface area contributed by atoms with E-state index in [4.69, 9.17) is 5.11 Å². The number of hydrogen-bond acceptors (Lipinski definition) is 1. The Hall–Kier alpha value is -0.0400. The molecular formula is C9H18O. The second-order valence-electron chi connectivity index (χ2n) is 3.62. The van der Waals surface area contributed by atoms with Gasteiger partial charge in [0.1, 0.15) is 0 Å². The van der Waals surface area contributed by atoms with Crippen LogP contribution in [0, 0.1) is 5.41 Å². The third-order valence-corrected chi connectivity index (χ3v) is 2.78. The third kappa shape index (κ3) is 1.51. The molecule has 10 heavy (non-hydrogen) atoms. The van der Waals surface area contributed by atoms with Gasteiger partial charge in [-0.25, -0.2) is 0 Å². The highest BCUT2D eigenvalue weighted by Crippen LogP contribution is 2.41. The maximum absolute atomic E-state index is 9.15. The number of hydrogen-bond donors (Lipinski definition) is 1. The second kappa shape index (κ2) is 3.38. The zero-order valence-corrected chi connectivity index (χ0v) is 6.90. The normalized spacial score (nSPS) is 23.4. The summed E-state index contributed by atoms with van der Waals surface area (Å²) in [5, 5.41) is 9.15. The molecule has 60 valence electrons. The van der Waals surface area contributed by atoms with Gasteiger partial charge >= 0.3 is 0 Å². The lowest BCUT2D eigenvalue weighted by Gasteiger charge is -2.25. The zero-order chi connectivity index (χ0) is 7.45. The molecule has 0 radical (unpaired) electrons. The monoisotopic (exact) mass is 142 g/mol. The van der Waals surface area contributed by atoms with Gasteiger partial charge in [-0.1, -0.05) is 26.2 Å². The van der Waals surface area contributed by atoms with Gasteiger partial charge in [0.2, 0.25) is 0 Å². The molecule has 1 fully saturated rings. The van der Waals surface area contributed by atoms with Gasteiger partial charge in [-0.15, -0.1) is 0 Å². The van der Waals surface area contributed by atoms with Crippen molar-refractivity contribution in [2.24, 2.45) is 5.41 Å². The summed E-state index contributed by atoms with van der Waals surface area (Å²) in [5.41, 5.74) is 0.342. The molecule has 1 saturated carbocycles. The minimum atomic E-state index is 0.342. The predicted molar refractivity (Wildman–Crippen MR) is 42.9 cm³/mol. The van der Waals surface area contributed by atoms with Crippen molar-refractivity contribution in [1.82, 2.24) is 0 Å². The first-order chi connectivity index (χ1) is 4.83. The smallest absolute Gasteiger partial charge is 0.0487 e. The highest BCUT2D eigenvalue weighted by Gasteiger charge is 2.31. The molecule has 0 aromatic carbocycles. The molecule has 0 atom stereocenters. The molecule has 0 aromatic heterocycles. The van der Waals surface area contributed by atoms with Gasteiger partial charge in [0, 0.05) is 6.61 Å². The van der Waals surface area contributed by atoms with E-state index in [9.17, 15) is 0 Å². The Bertz CT molecular complexity index is 92.9. The van der Waals surface area contributed by atoms with Crippen LogP contribution in [0.2, 0.25) is 0 Å². The first-order valence-corrected chi connectivity index (χ1v) is 4.44. The molecule has 0 bridgehead atoms. The fraction of sp³-hybridized carbons (Fsp3) is 1.00. The summed E-state index contributed by atoms with van der Waals surface area (Å²) in [6.07, 6.45) is 7.64. The van der Waals surface area contributed by atoms with E-state index >= 15 is 0 Å². The van der Waals surface area contributed by atoms with Crippen molar-refractivity contribution >= 4 is 0 Å². The average Bonchev–Trinajstić information content (AvgIpc) is 2.39. The molecule has 0 aromatic rings. The fourth-order valence-corrected chi connectivity index (χ4v) is 2.14. The molecule has 1 heteroatoms. The van der Waals surface area contributed by atoms with Crippen LogP contribution in [0.4, 0.5) is 0 Å². The first-order valence-electron chi connectivity index (χ1n) is 4.44. The largest absolute Gasteiger partial charge is 0.396 e. The van der Waals surface area contributed by atoms with Crippen LogP contribution in [0.1, 0.15) is 45.4 Å². The van der Waals surface area contributed by atoms with Crippen molar-refractivity contribution in [3.63, 3.8) is 0 Å². The molecule has 0 aliphatic heterocycles. The molecule has 1 rings (SSSR count). The number of aliphatic hydroxyl groups excluding tert-OH is 1. The lowest BCUT2D eigenvalue weighted by molar-refractivity contribution is 0.120. The van der Waals surface area contributed by atoms with Crippen LogP contribution in [0.5, 0.6) is 0 Å². The van der Waals surface area contributed by atoms with Crippen LogP contribution in [0.15, 0.2) is 0 Å². The van der Waals surface area contributed by atoms with Crippen LogP contribution in [-0.2, 0) is 0 Å². The van der Waals surface area contributed by atoms with E-state index in [1.165, 1.54) is 38.5 Å². The highest BCUT2D eigenvalue weighted by atomic mass is 16.3. The summed E-state index contributed by atoms with van der Waals surface area (Å²) in [6.45, 7) is 2.62. The van der Waals surface area contributed by atoms with Gasteiger partial charge in [-0.2, -0.15) is 0 Å². The van der Waals surface area contributed by atoms with Gasteiger partial charge in [-0.3, -0.25) is 0 Å². The number of rotatable bonds is 3. The predicted octanol–water partition coefficient (Wildman–Crippen LogP) is 2.34. The standard InChI is InChI=1S/C9H18O/c1-2-5-9(8-10)6-3-4-7-9/h10H,2-8H2,1H3. The lowest BCUT2D eigenvalue weighted by Crippen LogP contribution is -2.20. The fourth-order valence-electron chi connectivity index (χ4n) is 2.14. The molecule has 0 amide bonds. The van der Waals surface area contributed by atoms with Gasteiger partial charge < -0.3 is 5.11 Å². The van der Waals surface area contributed by atoms with E-state index in [0.29, 0.717) is 12.0 Å². The Morgan fingerprint density at radius 3 is 2.30 bits per heavy atom. The Morgan fingerprint density at radius 2 is 1.90 bits per heavy atom. The quantitative estimate of drug-likeness (QED) is 0.641. The third-order valence-electron chi connectivity index (χ3n) is 2.78. The van der Waals surface area contributed by atoms with Gasteiger partial charge in [0.05, 0.1) is 0 Å². The summed E-state index contributed by atoms with van der Waals surface area (Å²) in [4.78, 5) is 0. The molecule has 0 heterocycles. The zero-order valence-electron chi connectivity index (χ0n) is 6.90. The van der Waals surface area contributed by atoms with Crippen molar-refractivity contribution in [2.45, 2.75) is 45.4 Å². The first kappa shape index (κ1) is 8.06. The maximum atomic E-state index is 9.15. The SMILES string of the molecule is CCCC1(CO)CCCC1. The topological polar surface area (TPSA) is 20.2 Å². The van der Waals surface area contributed by atoms with Crippen LogP contribution in [0.3, 0.4) is 0 Å². The van der Waals surface area contributed by atoms with Gasteiger partial charge in [-0.05, 0) is 24.7 Å². The average molecular weight is 142 g/mol. The Kier molecular flexibility index (Phi) is 2.72. The molecule has 1 aliphatic rings. The molecule has 1 N–H and O–H groups in total. The van der Waals surface area contributed by atoms with Gasteiger partial charge in [0.15, 0.2) is 0 Å². The summed E-state index contributed by atoms with van der Waals surface area (Å²) in [7, 11) is 0. The molecule has 1 nitrogen and oxygen atoms in total. The molecule has 0 saturated heterocycles. The Labute approximate surface area is 63.4 Å². The summed E-state index contributed by atoms with van der Waals surface area (Å²) in [6, 6.07) is 0. The van der Waals surface area contributed by atoms with Crippen LogP contribution in [-0.4, -0.2) is 11.7 Å². The molecule has 0 spiro atoms. The van der Waals surface area contributed by atoms with E-state index in [0.717, 1.165) is 0 Å². The van der Waals surface area contributed by atoms with Crippen molar-refractivity contribution in [1.29, 1.82) is 0 Å². The highest BCUT2D eigenvalue weighted by molar-refractivity contribution is 4.83. The summed E-state index contributed by atoms with van der Waals surface area (Å²) >= 11 is 0. The van der Waals surface area contributed by atoms with Crippen LogP contribution in [0.25, 0.3) is 0 Å². The molecular weight excluding hydrogens is 124 g/mol. The Balaban J connectivity index is 2.41. The van der Waals surface area contributed by atoms with E-state index in [-0.39, 0.29) is 0 Å². The minimum Gasteiger partial charge on any atom is -0.396 e. The molecule has 1 aliphatic carbocycles. The molecule has 0 unspecified atom stereocenters. The van der Waals surface area contributed by atoms with E-state index in [1.807, 2.05) is 0 Å². The Morgan fingerprint density at radius 1 is 1.30 bits per heavy atom. The van der Waals surface area contributed by atoms with Gasteiger partial charge in [0.25, 0.3) is 0 Å². The van der Waals surface area contributed by atoms with E-state index in [1.54, 1.807) is 0 Å². The van der Waals surface area contributed by atoms with Crippen molar-refractivity contribution in [3.05, 3.63) is 0 Å². The van der Waals surface area contributed by atoms with E-state index in [2.05, 4.69) is 6.92 Å². The van der Waals surface area contributed by atoms with Crippen LogP contribution < -0.4 is 0 Å². The van der Waals surface area contributed by atoms with E-state index < -0.39 is 0 Å². The number of aliphatic hydroxyl groups is 1. The lowest BCUT2D eigenvalue weighted by atomic mass is 9.83. The van der Waals surface area contributed by atoms with Crippen molar-refractivity contribution in [2.75, 3.05) is 6.61 Å². The minimum absolute atomic E-state index is 0.342. The second-order valence-corrected chi connectivity index (χ2v) is 3.62. The van der Waals surface area contributed by atoms with Crippen molar-refractivity contribution in [3.8, 4) is 0 Å². The van der Waals surface area contributed by atoms with Crippen molar-refractivity contribution < 1.29 is 5.11 Å². The maximum Gasteiger partial charge on any atom is 0.0487 e.